The highest BCUT2D eigenvalue weighted by Crippen LogP contribution is 2.31. The van der Waals surface area contributed by atoms with Gasteiger partial charge in [0.2, 0.25) is 5.91 Å². The zero-order valence-corrected chi connectivity index (χ0v) is 21.8. The number of hydrogen-bond donors (Lipinski definition) is 3. The largest absolute Gasteiger partial charge is 0.497 e. The van der Waals surface area contributed by atoms with Gasteiger partial charge in [-0.15, -0.1) is 24.0 Å². The summed E-state index contributed by atoms with van der Waals surface area (Å²) >= 11 is 0. The molecular formula is C23H36IN5O3. The van der Waals surface area contributed by atoms with Crippen LogP contribution in [0.25, 0.3) is 10.9 Å². The minimum atomic E-state index is 0. The lowest BCUT2D eigenvalue weighted by Gasteiger charge is -2.34. The Morgan fingerprint density at radius 1 is 1.22 bits per heavy atom. The molecule has 2 heterocycles. The zero-order valence-electron chi connectivity index (χ0n) is 19.5. The van der Waals surface area contributed by atoms with Crippen molar-refractivity contribution in [2.24, 2.45) is 10.9 Å². The number of nitrogens with zero attached hydrogens (tertiary/aromatic N) is 2. The van der Waals surface area contributed by atoms with Crippen molar-refractivity contribution in [1.29, 1.82) is 0 Å². The van der Waals surface area contributed by atoms with Crippen LogP contribution in [0.2, 0.25) is 0 Å². The van der Waals surface area contributed by atoms with Crippen LogP contribution in [0.3, 0.4) is 0 Å². The highest BCUT2D eigenvalue weighted by Gasteiger charge is 2.22. The number of methoxy groups -OCH3 is 2. The number of nitrogens with one attached hydrogen (secondary N) is 3. The van der Waals surface area contributed by atoms with Gasteiger partial charge in [-0.05, 0) is 37.7 Å². The summed E-state index contributed by atoms with van der Waals surface area (Å²) in [5.74, 6) is 3.14. The van der Waals surface area contributed by atoms with Crippen molar-refractivity contribution in [2.45, 2.75) is 32.1 Å². The Labute approximate surface area is 207 Å². The number of ether oxygens (including phenoxy) is 2. The van der Waals surface area contributed by atoms with Gasteiger partial charge in [-0.1, -0.05) is 0 Å². The number of H-pyrrole nitrogens is 1. The fraction of sp³-hybridized carbons (Fsp3) is 0.565. The molecule has 1 aliphatic heterocycles. The van der Waals surface area contributed by atoms with Crippen LogP contribution in [0, 0.1) is 5.92 Å². The average molecular weight is 557 g/mol. The summed E-state index contributed by atoms with van der Waals surface area (Å²) < 4.78 is 10.9. The van der Waals surface area contributed by atoms with Crippen LogP contribution >= 0.6 is 24.0 Å². The second kappa shape index (κ2) is 12.8. The molecule has 0 atom stereocenters. The molecule has 0 unspecified atom stereocenters. The smallest absolute Gasteiger partial charge is 0.220 e. The Morgan fingerprint density at radius 3 is 2.59 bits per heavy atom. The number of hydrogen-bond acceptors (Lipinski definition) is 4. The van der Waals surface area contributed by atoms with E-state index in [1.165, 1.54) is 5.69 Å². The molecule has 1 aromatic heterocycles. The van der Waals surface area contributed by atoms with E-state index in [4.69, 9.17) is 9.47 Å². The monoisotopic (exact) mass is 557 g/mol. The minimum absolute atomic E-state index is 0. The molecule has 1 amide bonds. The highest BCUT2D eigenvalue weighted by atomic mass is 127. The van der Waals surface area contributed by atoms with E-state index in [-0.39, 0.29) is 29.9 Å². The number of aryl methyl sites for hydroxylation is 1. The van der Waals surface area contributed by atoms with E-state index in [2.05, 4.69) is 31.6 Å². The summed E-state index contributed by atoms with van der Waals surface area (Å²) in [5.41, 5.74) is 2.20. The second-order valence-corrected chi connectivity index (χ2v) is 7.97. The van der Waals surface area contributed by atoms with Gasteiger partial charge in [0.05, 0.1) is 19.7 Å². The maximum Gasteiger partial charge on any atom is 0.220 e. The number of carbonyl (C=O) groups is 1. The summed E-state index contributed by atoms with van der Waals surface area (Å²) in [6.07, 6.45) is 4.58. The molecule has 1 fully saturated rings. The molecular weight excluding hydrogens is 521 g/mol. The number of halogens is 1. The SMILES string of the molecule is CN=C(NCCCc1cc2c(OC)cc(OC)cc2[nH]1)N1CCC(CC(=O)NC)CC1.I. The molecule has 1 saturated heterocycles. The van der Waals surface area contributed by atoms with E-state index in [1.54, 1.807) is 21.3 Å². The third kappa shape index (κ3) is 6.66. The number of aliphatic imine (C=N–C) groups is 1. The van der Waals surface area contributed by atoms with Gasteiger partial charge >= 0.3 is 0 Å². The van der Waals surface area contributed by atoms with Crippen molar-refractivity contribution in [3.8, 4) is 11.5 Å². The number of rotatable bonds is 8. The molecule has 0 spiro atoms. The third-order valence-electron chi connectivity index (χ3n) is 5.97. The van der Waals surface area contributed by atoms with Gasteiger partial charge in [-0.25, -0.2) is 0 Å². The summed E-state index contributed by atoms with van der Waals surface area (Å²) in [6.45, 7) is 2.72. The molecule has 3 rings (SSSR count). The fourth-order valence-electron chi connectivity index (χ4n) is 4.18. The van der Waals surface area contributed by atoms with E-state index < -0.39 is 0 Å². The summed E-state index contributed by atoms with van der Waals surface area (Å²) in [7, 11) is 6.87. The van der Waals surface area contributed by atoms with E-state index >= 15 is 0 Å². The van der Waals surface area contributed by atoms with Crippen LogP contribution in [0.15, 0.2) is 23.2 Å². The summed E-state index contributed by atoms with van der Waals surface area (Å²) in [6, 6.07) is 6.05. The predicted octanol–water partition coefficient (Wildman–Crippen LogP) is 3.16. The van der Waals surface area contributed by atoms with Crippen LogP contribution < -0.4 is 20.1 Å². The fourth-order valence-corrected chi connectivity index (χ4v) is 4.18. The normalized spacial score (nSPS) is 14.8. The number of likely N-dealkylation sites (tertiary alicyclic amines) is 1. The lowest BCUT2D eigenvalue weighted by molar-refractivity contribution is -0.121. The first-order valence-corrected chi connectivity index (χ1v) is 11.0. The van der Waals surface area contributed by atoms with Gasteiger partial charge < -0.3 is 30.0 Å². The standard InChI is InChI=1S/C23H35N5O3.HI/c1-24-22(29)12-16-7-10-28(11-8-16)23(25-2)26-9-5-6-17-13-19-20(27-17)14-18(30-3)15-21(19)31-4;/h13-16,27H,5-12H2,1-4H3,(H,24,29)(H,25,26);1H. The van der Waals surface area contributed by atoms with Crippen molar-refractivity contribution < 1.29 is 14.3 Å². The number of guanidine groups is 1. The number of carbonyl (C=O) groups excluding carboxylic acids is 1. The molecule has 1 aliphatic rings. The first-order valence-electron chi connectivity index (χ1n) is 11.0. The maximum atomic E-state index is 11.6. The van der Waals surface area contributed by atoms with Gasteiger partial charge in [-0.3, -0.25) is 9.79 Å². The Balaban J connectivity index is 0.00000363. The third-order valence-corrected chi connectivity index (χ3v) is 5.97. The van der Waals surface area contributed by atoms with Gasteiger partial charge in [0, 0.05) is 63.4 Å². The van der Waals surface area contributed by atoms with Crippen LogP contribution in [0.4, 0.5) is 0 Å². The molecule has 178 valence electrons. The topological polar surface area (TPSA) is 91.0 Å². The molecule has 2 aromatic rings. The molecule has 1 aromatic carbocycles. The van der Waals surface area contributed by atoms with E-state index in [0.29, 0.717) is 12.3 Å². The molecule has 0 radical (unpaired) electrons. The molecule has 0 aliphatic carbocycles. The Kier molecular flexibility index (Phi) is 10.4. The van der Waals surface area contributed by atoms with Crippen molar-refractivity contribution in [2.75, 3.05) is 47.9 Å². The molecule has 3 N–H and O–H groups in total. The van der Waals surface area contributed by atoms with Gasteiger partial charge in [0.15, 0.2) is 5.96 Å². The van der Waals surface area contributed by atoms with Crippen LogP contribution in [0.1, 0.15) is 31.4 Å². The number of amides is 1. The lowest BCUT2D eigenvalue weighted by atomic mass is 9.93. The first-order chi connectivity index (χ1) is 15.1. The minimum Gasteiger partial charge on any atom is -0.497 e. The van der Waals surface area contributed by atoms with Crippen LogP contribution in [0.5, 0.6) is 11.5 Å². The number of fused-ring (bicyclic) bond motifs is 1. The molecule has 32 heavy (non-hydrogen) atoms. The van der Waals surface area contributed by atoms with E-state index in [1.807, 2.05) is 19.2 Å². The molecule has 0 saturated carbocycles. The Hall–Kier alpha value is -2.17. The summed E-state index contributed by atoms with van der Waals surface area (Å²) in [4.78, 5) is 21.8. The lowest BCUT2D eigenvalue weighted by Crippen LogP contribution is -2.46. The van der Waals surface area contributed by atoms with Crippen LogP contribution in [-0.4, -0.2) is 69.7 Å². The highest BCUT2D eigenvalue weighted by molar-refractivity contribution is 14.0. The van der Waals surface area contributed by atoms with Crippen molar-refractivity contribution in [3.05, 3.63) is 23.9 Å². The molecule has 9 heteroatoms. The number of piperidine rings is 1. The molecule has 0 bridgehead atoms. The maximum absolute atomic E-state index is 11.6. The Morgan fingerprint density at radius 2 is 1.97 bits per heavy atom. The van der Waals surface area contributed by atoms with E-state index in [9.17, 15) is 4.79 Å². The molecule has 8 nitrogen and oxygen atoms in total. The second-order valence-electron chi connectivity index (χ2n) is 7.97. The van der Waals surface area contributed by atoms with Gasteiger partial charge in [0.25, 0.3) is 0 Å². The first kappa shape index (κ1) is 26.1. The quantitative estimate of drug-likeness (QED) is 0.201. The van der Waals surface area contributed by atoms with E-state index in [0.717, 1.165) is 73.7 Å². The zero-order chi connectivity index (χ0) is 22.2. The number of aromatic amines is 1. The van der Waals surface area contributed by atoms with Gasteiger partial charge in [0.1, 0.15) is 11.5 Å². The average Bonchev–Trinajstić information content (AvgIpc) is 3.21. The van der Waals surface area contributed by atoms with Crippen molar-refractivity contribution in [3.63, 3.8) is 0 Å². The van der Waals surface area contributed by atoms with Crippen LogP contribution in [-0.2, 0) is 11.2 Å². The summed E-state index contributed by atoms with van der Waals surface area (Å²) in [5, 5.41) is 7.28. The predicted molar refractivity (Wildman–Crippen MR) is 139 cm³/mol. The number of aromatic nitrogens is 1. The van der Waals surface area contributed by atoms with Crippen molar-refractivity contribution in [1.82, 2.24) is 20.5 Å². The van der Waals surface area contributed by atoms with Gasteiger partial charge in [-0.2, -0.15) is 0 Å². The van der Waals surface area contributed by atoms with Crippen molar-refractivity contribution >= 4 is 46.7 Å². The Bertz CT molecular complexity index is 906. The number of benzene rings is 1.